The highest BCUT2D eigenvalue weighted by atomic mass is 35.5. The van der Waals surface area contributed by atoms with E-state index in [1.807, 2.05) is 6.07 Å². The molecule has 2 aromatic carbocycles. The molecule has 0 saturated heterocycles. The van der Waals surface area contributed by atoms with Gasteiger partial charge < -0.3 is 9.84 Å². The number of benzene rings is 2. The molecule has 1 unspecified atom stereocenters. The molecular formula is C20H20Cl2O3. The average Bonchev–Trinajstić information content (AvgIpc) is 2.62. The van der Waals surface area contributed by atoms with Gasteiger partial charge in [0, 0.05) is 15.6 Å². The monoisotopic (exact) mass is 378 g/mol. The van der Waals surface area contributed by atoms with Crippen molar-refractivity contribution in [1.82, 2.24) is 0 Å². The highest BCUT2D eigenvalue weighted by molar-refractivity contribution is 6.30. The summed E-state index contributed by atoms with van der Waals surface area (Å²) in [6, 6.07) is 12.1. The van der Waals surface area contributed by atoms with Gasteiger partial charge in [-0.1, -0.05) is 54.6 Å². The Balaban J connectivity index is 1.91. The smallest absolute Gasteiger partial charge is 0.349 e. The number of aliphatic carboxylic acids is 1. The summed E-state index contributed by atoms with van der Waals surface area (Å²) in [4.78, 5) is 11.8. The van der Waals surface area contributed by atoms with E-state index in [1.54, 1.807) is 36.4 Å². The van der Waals surface area contributed by atoms with E-state index < -0.39 is 12.1 Å². The van der Waals surface area contributed by atoms with Crippen molar-refractivity contribution in [2.24, 2.45) is 0 Å². The lowest BCUT2D eigenvalue weighted by molar-refractivity contribution is -0.145. The van der Waals surface area contributed by atoms with Crippen LogP contribution in [0.4, 0.5) is 0 Å². The Morgan fingerprint density at radius 1 is 1.00 bits per heavy atom. The number of carbonyl (C=O) groups is 1. The normalized spacial score (nSPS) is 16.4. The quantitative estimate of drug-likeness (QED) is 0.668. The molecule has 0 amide bonds. The van der Waals surface area contributed by atoms with Crippen molar-refractivity contribution in [1.29, 1.82) is 0 Å². The van der Waals surface area contributed by atoms with Gasteiger partial charge >= 0.3 is 5.97 Å². The molecule has 0 spiro atoms. The Morgan fingerprint density at radius 2 is 1.64 bits per heavy atom. The third-order valence-corrected chi connectivity index (χ3v) is 5.15. The zero-order valence-electron chi connectivity index (χ0n) is 13.8. The fourth-order valence-electron chi connectivity index (χ4n) is 3.38. The van der Waals surface area contributed by atoms with Crippen LogP contribution in [0.2, 0.25) is 10.0 Å². The molecule has 1 atom stereocenters. The molecule has 3 nitrogen and oxygen atoms in total. The minimum absolute atomic E-state index is 0.363. The molecule has 0 bridgehead atoms. The number of hydrogen-bond donors (Lipinski definition) is 1. The first-order valence-electron chi connectivity index (χ1n) is 8.49. The van der Waals surface area contributed by atoms with Crippen LogP contribution in [0.5, 0.6) is 5.75 Å². The lowest BCUT2D eigenvalue weighted by atomic mass is 9.83. The number of carboxylic acid groups (broad SMARTS) is 1. The van der Waals surface area contributed by atoms with Gasteiger partial charge in [0.25, 0.3) is 0 Å². The van der Waals surface area contributed by atoms with Gasteiger partial charge in [-0.3, -0.25) is 0 Å². The van der Waals surface area contributed by atoms with Gasteiger partial charge in [-0.15, -0.1) is 0 Å². The van der Waals surface area contributed by atoms with E-state index in [2.05, 4.69) is 0 Å². The Bertz CT molecular complexity index is 737. The zero-order valence-corrected chi connectivity index (χ0v) is 15.3. The number of carboxylic acids is 1. The summed E-state index contributed by atoms with van der Waals surface area (Å²) in [6.07, 6.45) is 4.67. The summed E-state index contributed by atoms with van der Waals surface area (Å²) >= 11 is 12.1. The van der Waals surface area contributed by atoms with E-state index >= 15 is 0 Å². The van der Waals surface area contributed by atoms with Crippen LogP contribution in [-0.4, -0.2) is 11.1 Å². The van der Waals surface area contributed by atoms with Gasteiger partial charge in [0.1, 0.15) is 5.75 Å². The molecule has 2 aromatic rings. The van der Waals surface area contributed by atoms with E-state index in [9.17, 15) is 9.90 Å². The van der Waals surface area contributed by atoms with Crippen molar-refractivity contribution in [2.45, 2.75) is 44.1 Å². The van der Waals surface area contributed by atoms with Crippen molar-refractivity contribution in [3.63, 3.8) is 0 Å². The molecule has 132 valence electrons. The second kappa shape index (κ2) is 8.11. The summed E-state index contributed by atoms with van der Waals surface area (Å²) < 4.78 is 5.94. The number of ether oxygens (including phenoxy) is 1. The topological polar surface area (TPSA) is 46.5 Å². The molecule has 0 radical (unpaired) electrons. The molecule has 0 aliphatic heterocycles. The number of rotatable bonds is 5. The highest BCUT2D eigenvalue weighted by Gasteiger charge is 2.26. The van der Waals surface area contributed by atoms with Crippen LogP contribution >= 0.6 is 23.2 Å². The third-order valence-electron chi connectivity index (χ3n) is 4.66. The molecule has 1 fully saturated rings. The molecule has 0 aromatic heterocycles. The predicted molar refractivity (Wildman–Crippen MR) is 99.7 cm³/mol. The molecule has 25 heavy (non-hydrogen) atoms. The Hall–Kier alpha value is -1.71. The first-order valence-corrected chi connectivity index (χ1v) is 9.24. The van der Waals surface area contributed by atoms with Crippen LogP contribution < -0.4 is 4.74 Å². The average molecular weight is 379 g/mol. The SMILES string of the molecule is O=C(O)C(Oc1ccc(Cl)cc1C1CCCCC1)c1ccc(Cl)cc1. The summed E-state index contributed by atoms with van der Waals surface area (Å²) in [6.45, 7) is 0. The van der Waals surface area contributed by atoms with Gasteiger partial charge in [0.05, 0.1) is 0 Å². The van der Waals surface area contributed by atoms with E-state index in [1.165, 1.54) is 19.3 Å². The summed E-state index contributed by atoms with van der Waals surface area (Å²) in [5.41, 5.74) is 1.56. The Kier molecular flexibility index (Phi) is 5.87. The van der Waals surface area contributed by atoms with Crippen molar-refractivity contribution in [3.8, 4) is 5.75 Å². The molecule has 1 N–H and O–H groups in total. The van der Waals surface area contributed by atoms with E-state index in [-0.39, 0.29) is 0 Å². The van der Waals surface area contributed by atoms with Crippen molar-refractivity contribution < 1.29 is 14.6 Å². The maximum atomic E-state index is 11.8. The fourth-order valence-corrected chi connectivity index (χ4v) is 3.69. The van der Waals surface area contributed by atoms with Gasteiger partial charge in [0.15, 0.2) is 0 Å². The minimum Gasteiger partial charge on any atom is -0.478 e. The fraction of sp³-hybridized carbons (Fsp3) is 0.350. The van der Waals surface area contributed by atoms with E-state index in [4.69, 9.17) is 27.9 Å². The molecule has 5 heteroatoms. The largest absolute Gasteiger partial charge is 0.478 e. The van der Waals surface area contributed by atoms with Crippen LogP contribution in [0, 0.1) is 0 Å². The number of halogens is 2. The van der Waals surface area contributed by atoms with Gasteiger partial charge in [-0.2, -0.15) is 0 Å². The molecular weight excluding hydrogens is 359 g/mol. The molecule has 1 aliphatic rings. The van der Waals surface area contributed by atoms with Gasteiger partial charge in [-0.05, 0) is 54.7 Å². The molecule has 1 aliphatic carbocycles. The maximum Gasteiger partial charge on any atom is 0.349 e. The molecule has 3 rings (SSSR count). The summed E-state index contributed by atoms with van der Waals surface area (Å²) in [7, 11) is 0. The maximum absolute atomic E-state index is 11.8. The van der Waals surface area contributed by atoms with Crippen LogP contribution in [0.1, 0.15) is 55.3 Å². The Labute approximate surface area is 157 Å². The summed E-state index contributed by atoms with van der Waals surface area (Å²) in [5, 5.41) is 10.8. The minimum atomic E-state index is -1.08. The van der Waals surface area contributed by atoms with Crippen LogP contribution in [0.3, 0.4) is 0 Å². The van der Waals surface area contributed by atoms with Crippen LogP contribution in [0.15, 0.2) is 42.5 Å². The second-order valence-electron chi connectivity index (χ2n) is 6.40. The second-order valence-corrected chi connectivity index (χ2v) is 7.28. The predicted octanol–water partition coefficient (Wildman–Crippen LogP) is 6.25. The van der Waals surface area contributed by atoms with E-state index in [0.29, 0.717) is 27.3 Å². The number of hydrogen-bond acceptors (Lipinski definition) is 2. The molecule has 0 heterocycles. The van der Waals surface area contributed by atoms with Crippen molar-refractivity contribution >= 4 is 29.2 Å². The lowest BCUT2D eigenvalue weighted by Crippen LogP contribution is -2.19. The lowest BCUT2D eigenvalue weighted by Gasteiger charge is -2.26. The Morgan fingerprint density at radius 3 is 2.28 bits per heavy atom. The first kappa shape index (κ1) is 18.1. The highest BCUT2D eigenvalue weighted by Crippen LogP contribution is 2.40. The third kappa shape index (κ3) is 4.47. The standard InChI is InChI=1S/C20H20Cl2O3/c21-15-8-6-14(7-9-15)19(20(23)24)25-18-11-10-16(22)12-17(18)13-4-2-1-3-5-13/h6-13,19H,1-5H2,(H,23,24). The zero-order chi connectivity index (χ0) is 17.8. The van der Waals surface area contributed by atoms with Crippen molar-refractivity contribution in [3.05, 3.63) is 63.6 Å². The van der Waals surface area contributed by atoms with Gasteiger partial charge in [-0.25, -0.2) is 4.79 Å². The van der Waals surface area contributed by atoms with Crippen LogP contribution in [0.25, 0.3) is 0 Å². The molecule has 1 saturated carbocycles. The van der Waals surface area contributed by atoms with Crippen molar-refractivity contribution in [2.75, 3.05) is 0 Å². The summed E-state index contributed by atoms with van der Waals surface area (Å²) in [5.74, 6) is -0.0763. The first-order chi connectivity index (χ1) is 12.0. The van der Waals surface area contributed by atoms with Crippen LogP contribution in [-0.2, 0) is 4.79 Å². The van der Waals surface area contributed by atoms with E-state index in [0.717, 1.165) is 18.4 Å². The van der Waals surface area contributed by atoms with Gasteiger partial charge in [0.2, 0.25) is 6.10 Å².